The second kappa shape index (κ2) is 8.73. The summed E-state index contributed by atoms with van der Waals surface area (Å²) in [6, 6.07) is 9.40. The minimum atomic E-state index is -0.276. The molecule has 166 valence electrons. The zero-order chi connectivity index (χ0) is 22.1. The number of benzene rings is 1. The molecule has 1 aromatic heterocycles. The summed E-state index contributed by atoms with van der Waals surface area (Å²) in [5.74, 6) is -0.529. The van der Waals surface area contributed by atoms with Gasteiger partial charge in [0.25, 0.3) is 11.8 Å². The summed E-state index contributed by atoms with van der Waals surface area (Å²) in [7, 11) is 0. The first-order valence-electron chi connectivity index (χ1n) is 11.6. The molecule has 1 N–H and O–H groups in total. The van der Waals surface area contributed by atoms with Crippen molar-refractivity contribution in [3.63, 3.8) is 0 Å². The van der Waals surface area contributed by atoms with Gasteiger partial charge in [0.15, 0.2) is 0 Å². The fraction of sp³-hybridized carbons (Fsp3) is 0.440. The second-order valence-corrected chi connectivity index (χ2v) is 9.03. The van der Waals surface area contributed by atoms with Crippen LogP contribution >= 0.6 is 0 Å². The number of imide groups is 1. The van der Waals surface area contributed by atoms with E-state index < -0.39 is 0 Å². The number of aromatic nitrogens is 1. The van der Waals surface area contributed by atoms with E-state index in [2.05, 4.69) is 15.2 Å². The number of nitrogens with one attached hydrogen (secondary N) is 1. The van der Waals surface area contributed by atoms with E-state index in [9.17, 15) is 14.4 Å². The zero-order valence-electron chi connectivity index (χ0n) is 18.1. The Morgan fingerprint density at radius 2 is 1.88 bits per heavy atom. The highest BCUT2D eigenvalue weighted by Gasteiger charge is 2.39. The van der Waals surface area contributed by atoms with Crippen molar-refractivity contribution in [3.8, 4) is 0 Å². The monoisotopic (exact) mass is 432 g/mol. The number of amides is 3. The summed E-state index contributed by atoms with van der Waals surface area (Å²) in [4.78, 5) is 46.7. The van der Waals surface area contributed by atoms with Gasteiger partial charge in [-0.1, -0.05) is 25.0 Å². The molecule has 2 aliphatic heterocycles. The molecule has 3 heterocycles. The van der Waals surface area contributed by atoms with Crippen molar-refractivity contribution in [1.82, 2.24) is 15.2 Å². The fourth-order valence-electron chi connectivity index (χ4n) is 5.20. The van der Waals surface area contributed by atoms with Gasteiger partial charge in [0.2, 0.25) is 5.91 Å². The van der Waals surface area contributed by atoms with Crippen LogP contribution in [0.25, 0.3) is 0 Å². The molecule has 1 saturated heterocycles. The second-order valence-electron chi connectivity index (χ2n) is 9.03. The van der Waals surface area contributed by atoms with Gasteiger partial charge in [-0.3, -0.25) is 24.3 Å². The molecule has 2 aromatic rings. The number of pyridine rings is 1. The number of anilines is 1. The average molecular weight is 433 g/mol. The molecule has 0 unspecified atom stereocenters. The van der Waals surface area contributed by atoms with E-state index in [0.717, 1.165) is 43.5 Å². The van der Waals surface area contributed by atoms with Crippen LogP contribution in [0.4, 0.5) is 5.69 Å². The SMILES string of the molecule is O=C(NC1CCCC1)[C@H]1CCCN(c2cccc3c2C(=O)N(Cc2cccnc2)C3=O)C1. The van der Waals surface area contributed by atoms with Crippen LogP contribution in [-0.4, -0.2) is 46.7 Å². The summed E-state index contributed by atoms with van der Waals surface area (Å²) >= 11 is 0. The molecule has 1 saturated carbocycles. The Bertz CT molecular complexity index is 1030. The molecule has 32 heavy (non-hydrogen) atoms. The molecule has 5 rings (SSSR count). The normalized spacial score (nSPS) is 21.2. The van der Waals surface area contributed by atoms with Crippen molar-refractivity contribution in [3.05, 3.63) is 59.4 Å². The van der Waals surface area contributed by atoms with Gasteiger partial charge in [0, 0.05) is 31.5 Å². The third kappa shape index (κ3) is 3.87. The standard InChI is InChI=1S/C25H28N4O3/c30-23(27-19-8-1-2-9-19)18-7-5-13-28(16-18)21-11-3-10-20-22(21)25(32)29(24(20)31)15-17-6-4-12-26-14-17/h3-4,6,10-12,14,18-19H,1-2,5,7-9,13,15-16H2,(H,27,30)/t18-/m0/s1. The van der Waals surface area contributed by atoms with Gasteiger partial charge in [-0.05, 0) is 49.4 Å². The van der Waals surface area contributed by atoms with Crippen LogP contribution in [0.5, 0.6) is 0 Å². The van der Waals surface area contributed by atoms with E-state index in [0.29, 0.717) is 23.7 Å². The van der Waals surface area contributed by atoms with Gasteiger partial charge >= 0.3 is 0 Å². The van der Waals surface area contributed by atoms with Crippen molar-refractivity contribution in [2.45, 2.75) is 51.1 Å². The highest BCUT2D eigenvalue weighted by atomic mass is 16.2. The van der Waals surface area contributed by atoms with Gasteiger partial charge < -0.3 is 10.2 Å². The lowest BCUT2D eigenvalue weighted by Gasteiger charge is -2.35. The Morgan fingerprint density at radius 3 is 2.66 bits per heavy atom. The molecular formula is C25H28N4O3. The smallest absolute Gasteiger partial charge is 0.263 e. The molecule has 3 aliphatic rings. The van der Waals surface area contributed by atoms with Gasteiger partial charge in [-0.2, -0.15) is 0 Å². The Morgan fingerprint density at radius 1 is 1.03 bits per heavy atom. The predicted octanol–water partition coefficient (Wildman–Crippen LogP) is 3.15. The maximum atomic E-state index is 13.3. The van der Waals surface area contributed by atoms with Crippen LogP contribution in [-0.2, 0) is 11.3 Å². The minimum Gasteiger partial charge on any atom is -0.370 e. The van der Waals surface area contributed by atoms with Crippen LogP contribution in [0, 0.1) is 5.92 Å². The Labute approximate surface area is 187 Å². The van der Waals surface area contributed by atoms with Crippen molar-refractivity contribution in [2.75, 3.05) is 18.0 Å². The Balaban J connectivity index is 1.35. The van der Waals surface area contributed by atoms with E-state index in [-0.39, 0.29) is 30.2 Å². The number of piperidine rings is 1. The number of hydrogen-bond acceptors (Lipinski definition) is 5. The third-order valence-electron chi connectivity index (χ3n) is 6.87. The van der Waals surface area contributed by atoms with Crippen LogP contribution < -0.4 is 10.2 Å². The first kappa shape index (κ1) is 20.7. The molecular weight excluding hydrogens is 404 g/mol. The number of fused-ring (bicyclic) bond motifs is 1. The molecule has 1 aromatic carbocycles. The van der Waals surface area contributed by atoms with E-state index in [1.165, 1.54) is 17.7 Å². The molecule has 0 spiro atoms. The van der Waals surface area contributed by atoms with Crippen LogP contribution in [0.3, 0.4) is 0 Å². The van der Waals surface area contributed by atoms with Crippen molar-refractivity contribution in [2.24, 2.45) is 5.92 Å². The Hall–Kier alpha value is -3.22. The summed E-state index contributed by atoms with van der Waals surface area (Å²) < 4.78 is 0. The largest absolute Gasteiger partial charge is 0.370 e. The molecule has 2 fully saturated rings. The highest BCUT2D eigenvalue weighted by Crippen LogP contribution is 2.34. The third-order valence-corrected chi connectivity index (χ3v) is 6.87. The topological polar surface area (TPSA) is 82.6 Å². The molecule has 1 aliphatic carbocycles. The molecule has 0 bridgehead atoms. The van der Waals surface area contributed by atoms with E-state index in [1.807, 2.05) is 18.2 Å². The molecule has 7 heteroatoms. The lowest BCUT2D eigenvalue weighted by Crippen LogP contribution is -2.45. The quantitative estimate of drug-likeness (QED) is 0.734. The Kier molecular flexibility index (Phi) is 5.64. The highest BCUT2D eigenvalue weighted by molar-refractivity contribution is 6.23. The van der Waals surface area contributed by atoms with E-state index >= 15 is 0 Å². The molecule has 0 radical (unpaired) electrons. The van der Waals surface area contributed by atoms with E-state index in [4.69, 9.17) is 0 Å². The lowest BCUT2D eigenvalue weighted by atomic mass is 9.95. The van der Waals surface area contributed by atoms with Crippen molar-refractivity contribution >= 4 is 23.4 Å². The first-order chi connectivity index (χ1) is 15.6. The van der Waals surface area contributed by atoms with Crippen LogP contribution in [0.1, 0.15) is 64.8 Å². The van der Waals surface area contributed by atoms with Gasteiger partial charge in [-0.25, -0.2) is 0 Å². The summed E-state index contributed by atoms with van der Waals surface area (Å²) in [6.45, 7) is 1.54. The van der Waals surface area contributed by atoms with E-state index in [1.54, 1.807) is 24.5 Å². The maximum Gasteiger partial charge on any atom is 0.263 e. The number of nitrogens with zero attached hydrogens (tertiary/aromatic N) is 3. The first-order valence-corrected chi connectivity index (χ1v) is 11.6. The van der Waals surface area contributed by atoms with Crippen LogP contribution in [0.2, 0.25) is 0 Å². The summed E-state index contributed by atoms with van der Waals surface area (Å²) in [5, 5.41) is 3.22. The maximum absolute atomic E-state index is 13.3. The van der Waals surface area contributed by atoms with Gasteiger partial charge in [0.1, 0.15) is 0 Å². The predicted molar refractivity (Wildman–Crippen MR) is 120 cm³/mol. The fourth-order valence-corrected chi connectivity index (χ4v) is 5.20. The van der Waals surface area contributed by atoms with Gasteiger partial charge in [0.05, 0.1) is 29.3 Å². The minimum absolute atomic E-state index is 0.0982. The summed E-state index contributed by atoms with van der Waals surface area (Å²) in [6.07, 6.45) is 9.57. The number of hydrogen-bond donors (Lipinski definition) is 1. The zero-order valence-corrected chi connectivity index (χ0v) is 18.1. The number of carbonyl (C=O) groups excluding carboxylic acids is 3. The number of rotatable bonds is 5. The number of carbonyl (C=O) groups is 3. The molecule has 7 nitrogen and oxygen atoms in total. The molecule has 1 atom stereocenters. The average Bonchev–Trinajstić information content (AvgIpc) is 3.42. The molecule has 3 amide bonds. The lowest BCUT2D eigenvalue weighted by molar-refractivity contribution is -0.125. The van der Waals surface area contributed by atoms with Gasteiger partial charge in [-0.15, -0.1) is 0 Å². The van der Waals surface area contributed by atoms with Crippen LogP contribution in [0.15, 0.2) is 42.7 Å². The summed E-state index contributed by atoms with van der Waals surface area (Å²) in [5.41, 5.74) is 2.46. The van der Waals surface area contributed by atoms with Crippen molar-refractivity contribution in [1.29, 1.82) is 0 Å². The van der Waals surface area contributed by atoms with Crippen molar-refractivity contribution < 1.29 is 14.4 Å².